The number of nitro groups is 1. The average Bonchev–Trinajstić information content (AvgIpc) is 2.91. The van der Waals surface area contributed by atoms with Crippen molar-refractivity contribution in [2.75, 3.05) is 6.54 Å². The molecule has 4 nitrogen and oxygen atoms in total. The second kappa shape index (κ2) is 5.69. The molecule has 3 aromatic rings. The Labute approximate surface area is 130 Å². The second-order valence-electron chi connectivity index (χ2n) is 4.88. The van der Waals surface area contributed by atoms with Gasteiger partial charge in [-0.15, -0.1) is 0 Å². The van der Waals surface area contributed by atoms with Crippen LogP contribution in [0.1, 0.15) is 17.0 Å². The molecule has 0 aliphatic carbocycles. The summed E-state index contributed by atoms with van der Waals surface area (Å²) in [5, 5.41) is 12.1. The van der Waals surface area contributed by atoms with Crippen LogP contribution in [0, 0.1) is 10.1 Å². The van der Waals surface area contributed by atoms with Gasteiger partial charge in [0.15, 0.2) is 0 Å². The number of hydrogen-bond acceptors (Lipinski definition) is 2. The molecule has 1 atom stereocenters. The minimum Gasteiger partial charge on any atom is -0.361 e. The van der Waals surface area contributed by atoms with Crippen molar-refractivity contribution in [1.29, 1.82) is 0 Å². The molecule has 0 bridgehead atoms. The second-order valence-corrected chi connectivity index (χ2v) is 5.74. The van der Waals surface area contributed by atoms with E-state index in [4.69, 9.17) is 0 Å². The highest BCUT2D eigenvalue weighted by atomic mass is 79.9. The third-order valence-electron chi connectivity index (χ3n) is 3.59. The summed E-state index contributed by atoms with van der Waals surface area (Å²) in [6, 6.07) is 15.5. The molecule has 1 heterocycles. The zero-order valence-electron chi connectivity index (χ0n) is 11.1. The van der Waals surface area contributed by atoms with Crippen LogP contribution in [0.15, 0.2) is 59.2 Å². The van der Waals surface area contributed by atoms with E-state index in [0.29, 0.717) is 0 Å². The molecule has 2 aromatic carbocycles. The maximum absolute atomic E-state index is 11.1. The van der Waals surface area contributed by atoms with E-state index < -0.39 is 0 Å². The van der Waals surface area contributed by atoms with E-state index in [1.54, 1.807) is 0 Å². The lowest BCUT2D eigenvalue weighted by Gasteiger charge is -2.13. The van der Waals surface area contributed by atoms with Crippen molar-refractivity contribution in [3.63, 3.8) is 0 Å². The maximum Gasteiger partial charge on any atom is 0.214 e. The Morgan fingerprint density at radius 1 is 1.14 bits per heavy atom. The van der Waals surface area contributed by atoms with Gasteiger partial charge in [0.1, 0.15) is 0 Å². The molecule has 21 heavy (non-hydrogen) atoms. The molecule has 5 heteroatoms. The fourth-order valence-corrected chi connectivity index (χ4v) is 3.25. The molecule has 106 valence electrons. The number of aromatic nitrogens is 1. The highest BCUT2D eigenvalue weighted by Crippen LogP contribution is 2.35. The topological polar surface area (TPSA) is 58.9 Å². The predicted molar refractivity (Wildman–Crippen MR) is 86.1 cm³/mol. The van der Waals surface area contributed by atoms with E-state index in [9.17, 15) is 10.1 Å². The van der Waals surface area contributed by atoms with Crippen molar-refractivity contribution >= 4 is 26.8 Å². The van der Waals surface area contributed by atoms with E-state index in [2.05, 4.69) is 20.9 Å². The maximum atomic E-state index is 11.1. The number of nitrogens with one attached hydrogen (secondary N) is 1. The Morgan fingerprint density at radius 2 is 1.90 bits per heavy atom. The monoisotopic (exact) mass is 344 g/mol. The smallest absolute Gasteiger partial charge is 0.214 e. The van der Waals surface area contributed by atoms with Gasteiger partial charge in [-0.05, 0) is 23.3 Å². The van der Waals surface area contributed by atoms with Gasteiger partial charge in [0.05, 0.1) is 5.92 Å². The molecule has 3 rings (SSSR count). The summed E-state index contributed by atoms with van der Waals surface area (Å²) in [6.45, 7) is -0.127. The largest absolute Gasteiger partial charge is 0.361 e. The van der Waals surface area contributed by atoms with Crippen LogP contribution in [0.4, 0.5) is 0 Å². The van der Waals surface area contributed by atoms with Gasteiger partial charge < -0.3 is 4.98 Å². The average molecular weight is 345 g/mol. The highest BCUT2D eigenvalue weighted by Gasteiger charge is 2.23. The number of halogens is 1. The number of hydrogen-bond donors (Lipinski definition) is 1. The molecule has 0 spiro atoms. The van der Waals surface area contributed by atoms with Crippen LogP contribution >= 0.6 is 15.9 Å². The van der Waals surface area contributed by atoms with Crippen molar-refractivity contribution in [2.45, 2.75) is 5.92 Å². The minimum atomic E-state index is -0.270. The number of H-pyrrole nitrogens is 1. The van der Waals surface area contributed by atoms with Gasteiger partial charge in [0.2, 0.25) is 6.54 Å². The van der Waals surface area contributed by atoms with Crippen LogP contribution < -0.4 is 0 Å². The lowest BCUT2D eigenvalue weighted by molar-refractivity contribution is -0.481. The first kappa shape index (κ1) is 13.8. The molecule has 0 unspecified atom stereocenters. The molecule has 0 aliphatic rings. The van der Waals surface area contributed by atoms with Gasteiger partial charge in [-0.2, -0.15) is 0 Å². The fourth-order valence-electron chi connectivity index (χ4n) is 2.66. The Bertz CT molecular complexity index is 783. The Morgan fingerprint density at radius 3 is 2.62 bits per heavy atom. The van der Waals surface area contributed by atoms with Crippen molar-refractivity contribution in [2.24, 2.45) is 0 Å². The Balaban J connectivity index is 2.17. The lowest BCUT2D eigenvalue weighted by atomic mass is 9.91. The van der Waals surface area contributed by atoms with Gasteiger partial charge in [-0.1, -0.05) is 52.3 Å². The van der Waals surface area contributed by atoms with Crippen LogP contribution in [0.5, 0.6) is 0 Å². The van der Waals surface area contributed by atoms with Crippen LogP contribution in [-0.4, -0.2) is 16.5 Å². The first-order chi connectivity index (χ1) is 10.2. The summed E-state index contributed by atoms with van der Waals surface area (Å²) >= 11 is 3.54. The van der Waals surface area contributed by atoms with Crippen LogP contribution in [-0.2, 0) is 0 Å². The SMILES string of the molecule is O=[N+]([O-])C[C@H](c1ccccc1)c1c[nH]c2cccc(Br)c12. The lowest BCUT2D eigenvalue weighted by Crippen LogP contribution is -2.13. The molecule has 0 fully saturated rings. The predicted octanol–water partition coefficient (Wildman–Crippen LogP) is 4.34. The third-order valence-corrected chi connectivity index (χ3v) is 4.26. The molecule has 0 aliphatic heterocycles. The molecular formula is C16H13BrN2O2. The minimum absolute atomic E-state index is 0.127. The molecule has 0 saturated heterocycles. The number of rotatable bonds is 4. The van der Waals surface area contributed by atoms with Crippen LogP contribution in [0.3, 0.4) is 0 Å². The van der Waals surface area contributed by atoms with Gasteiger partial charge in [-0.25, -0.2) is 0 Å². The molecular weight excluding hydrogens is 332 g/mol. The third kappa shape index (κ3) is 2.69. The van der Waals surface area contributed by atoms with Gasteiger partial charge in [0, 0.05) is 26.5 Å². The fraction of sp³-hybridized carbons (Fsp3) is 0.125. The van der Waals surface area contributed by atoms with E-state index >= 15 is 0 Å². The quantitative estimate of drug-likeness (QED) is 0.565. The van der Waals surface area contributed by atoms with Crippen molar-refractivity contribution < 1.29 is 4.92 Å². The van der Waals surface area contributed by atoms with E-state index in [1.807, 2.05) is 54.7 Å². The summed E-state index contributed by atoms with van der Waals surface area (Å²) in [5.74, 6) is -0.270. The van der Waals surface area contributed by atoms with E-state index in [0.717, 1.165) is 26.5 Å². The molecule has 0 amide bonds. The van der Waals surface area contributed by atoms with Gasteiger partial charge in [0.25, 0.3) is 0 Å². The summed E-state index contributed by atoms with van der Waals surface area (Å²) in [5.41, 5.74) is 2.87. The summed E-state index contributed by atoms with van der Waals surface area (Å²) in [7, 11) is 0. The van der Waals surface area contributed by atoms with Crippen molar-refractivity contribution in [1.82, 2.24) is 4.98 Å². The normalized spacial score (nSPS) is 12.4. The van der Waals surface area contributed by atoms with E-state index in [1.165, 1.54) is 0 Å². The van der Waals surface area contributed by atoms with Crippen LogP contribution in [0.2, 0.25) is 0 Å². The van der Waals surface area contributed by atoms with Gasteiger partial charge >= 0.3 is 0 Å². The molecule has 1 N–H and O–H groups in total. The number of benzene rings is 2. The molecule has 0 saturated carbocycles. The number of nitrogens with zero attached hydrogens (tertiary/aromatic N) is 1. The Kier molecular flexibility index (Phi) is 3.75. The highest BCUT2D eigenvalue weighted by molar-refractivity contribution is 9.10. The summed E-state index contributed by atoms with van der Waals surface area (Å²) in [4.78, 5) is 14.0. The summed E-state index contributed by atoms with van der Waals surface area (Å²) < 4.78 is 0.945. The first-order valence-corrected chi connectivity index (χ1v) is 7.38. The molecule has 0 radical (unpaired) electrons. The summed E-state index contributed by atoms with van der Waals surface area (Å²) in [6.07, 6.45) is 1.87. The standard InChI is InChI=1S/C16H13BrN2O2/c17-14-7-4-8-15-16(14)12(9-18-15)13(10-19(20)21)11-5-2-1-3-6-11/h1-9,13,18H,10H2/t13-/m1/s1. The first-order valence-electron chi connectivity index (χ1n) is 6.59. The van der Waals surface area contributed by atoms with Crippen molar-refractivity contribution in [3.05, 3.63) is 80.4 Å². The number of fused-ring (bicyclic) bond motifs is 1. The van der Waals surface area contributed by atoms with Gasteiger partial charge in [-0.3, -0.25) is 10.1 Å². The van der Waals surface area contributed by atoms with Crippen molar-refractivity contribution in [3.8, 4) is 0 Å². The van der Waals surface area contributed by atoms with Crippen LogP contribution in [0.25, 0.3) is 10.9 Å². The molecule has 1 aromatic heterocycles. The zero-order chi connectivity index (χ0) is 14.8. The zero-order valence-corrected chi connectivity index (χ0v) is 12.7. The van der Waals surface area contributed by atoms with E-state index in [-0.39, 0.29) is 17.4 Å². The number of aromatic amines is 1. The Hall–Kier alpha value is -2.14.